The van der Waals surface area contributed by atoms with Gasteiger partial charge in [0.1, 0.15) is 17.1 Å². The molecule has 2 atom stereocenters. The van der Waals surface area contributed by atoms with Crippen LogP contribution in [0.5, 0.6) is 11.5 Å². The van der Waals surface area contributed by atoms with Crippen LogP contribution in [0.25, 0.3) is 0 Å². The summed E-state index contributed by atoms with van der Waals surface area (Å²) in [5.41, 5.74) is 1.29. The highest BCUT2D eigenvalue weighted by Crippen LogP contribution is 2.46. The molecule has 3 aromatic carbocycles. The normalized spacial score (nSPS) is 17.3. The molecular weight excluding hydrogens is 402 g/mol. The number of hydrogen-bond acceptors (Lipinski definition) is 5. The van der Waals surface area contributed by atoms with Crippen molar-refractivity contribution < 1.29 is 19.3 Å². The third-order valence-corrected chi connectivity index (χ3v) is 6.30. The Kier molecular flexibility index (Phi) is 7.10. The van der Waals surface area contributed by atoms with E-state index in [1.54, 1.807) is 14.2 Å². The van der Waals surface area contributed by atoms with E-state index in [0.29, 0.717) is 25.5 Å². The molecule has 0 radical (unpaired) electrons. The largest absolute Gasteiger partial charge is 0.497 e. The second-order valence-corrected chi connectivity index (χ2v) is 8.07. The summed E-state index contributed by atoms with van der Waals surface area (Å²) in [7, 11) is 3.29. The molecule has 5 heteroatoms. The van der Waals surface area contributed by atoms with Crippen LogP contribution in [0.3, 0.4) is 0 Å². The zero-order valence-corrected chi connectivity index (χ0v) is 18.7. The Labute approximate surface area is 190 Å². The smallest absolute Gasteiger partial charge is 0.126 e. The van der Waals surface area contributed by atoms with Crippen LogP contribution in [0.4, 0.5) is 0 Å². The number of hydrogen-bond donors (Lipinski definition) is 1. The van der Waals surface area contributed by atoms with Gasteiger partial charge < -0.3 is 19.3 Å². The van der Waals surface area contributed by atoms with Crippen LogP contribution < -0.4 is 9.47 Å². The molecular formula is C27H31NO4. The lowest BCUT2D eigenvalue weighted by Gasteiger charge is -2.41. The predicted molar refractivity (Wildman–Crippen MR) is 125 cm³/mol. The third-order valence-electron chi connectivity index (χ3n) is 6.30. The molecule has 4 rings (SSSR count). The van der Waals surface area contributed by atoms with Crippen molar-refractivity contribution in [2.45, 2.75) is 11.5 Å². The van der Waals surface area contributed by atoms with Gasteiger partial charge in [0.15, 0.2) is 0 Å². The fraction of sp³-hybridized carbons (Fsp3) is 0.333. The Hall–Kier alpha value is -2.86. The summed E-state index contributed by atoms with van der Waals surface area (Å²) < 4.78 is 16.7. The predicted octanol–water partition coefficient (Wildman–Crippen LogP) is 4.06. The van der Waals surface area contributed by atoms with Crippen LogP contribution in [0, 0.1) is 0 Å². The molecule has 1 heterocycles. The van der Waals surface area contributed by atoms with E-state index in [9.17, 15) is 5.11 Å². The number of aliphatic hydroxyl groups is 1. The zero-order valence-electron chi connectivity index (χ0n) is 18.7. The molecule has 0 spiro atoms. The van der Waals surface area contributed by atoms with Crippen molar-refractivity contribution in [2.75, 3.05) is 47.1 Å². The average molecular weight is 434 g/mol. The minimum absolute atomic E-state index is 0.230. The fourth-order valence-corrected chi connectivity index (χ4v) is 4.56. The maximum atomic E-state index is 12.7. The molecule has 1 saturated heterocycles. The van der Waals surface area contributed by atoms with Gasteiger partial charge in [-0.1, -0.05) is 60.7 Å². The summed E-state index contributed by atoms with van der Waals surface area (Å²) in [5.74, 6) is 1.18. The number of morpholine rings is 1. The van der Waals surface area contributed by atoms with Gasteiger partial charge in [-0.25, -0.2) is 0 Å². The van der Waals surface area contributed by atoms with Crippen LogP contribution in [0.15, 0.2) is 78.9 Å². The molecule has 1 aliphatic heterocycles. The molecule has 1 aliphatic rings. The van der Waals surface area contributed by atoms with Crippen molar-refractivity contribution in [1.29, 1.82) is 0 Å². The van der Waals surface area contributed by atoms with Crippen LogP contribution in [-0.2, 0) is 10.3 Å². The van der Waals surface area contributed by atoms with E-state index in [1.807, 2.05) is 66.7 Å². The minimum Gasteiger partial charge on any atom is -0.497 e. The van der Waals surface area contributed by atoms with E-state index >= 15 is 0 Å². The van der Waals surface area contributed by atoms with E-state index in [0.717, 1.165) is 35.5 Å². The first kappa shape index (κ1) is 22.3. The molecule has 3 aromatic rings. The molecule has 0 aliphatic carbocycles. The van der Waals surface area contributed by atoms with Crippen LogP contribution in [0.1, 0.15) is 22.6 Å². The van der Waals surface area contributed by atoms with Gasteiger partial charge in [-0.15, -0.1) is 0 Å². The number of methoxy groups -OCH3 is 2. The SMILES string of the molecule is COc1ccc([C@](O)(c2ccccc2OC)[C@@H](CN2CCOCC2)c2ccccc2)cc1. The number of benzene rings is 3. The summed E-state index contributed by atoms with van der Waals surface area (Å²) in [6, 6.07) is 25.7. The summed E-state index contributed by atoms with van der Waals surface area (Å²) in [6.07, 6.45) is 0. The van der Waals surface area contributed by atoms with Gasteiger partial charge in [0.2, 0.25) is 0 Å². The van der Waals surface area contributed by atoms with Crippen molar-refractivity contribution >= 4 is 0 Å². The van der Waals surface area contributed by atoms with Gasteiger partial charge in [-0.3, -0.25) is 4.90 Å². The lowest BCUT2D eigenvalue weighted by molar-refractivity contribution is -0.000149. The topological polar surface area (TPSA) is 51.2 Å². The summed E-state index contributed by atoms with van der Waals surface area (Å²) >= 11 is 0. The number of rotatable bonds is 8. The van der Waals surface area contributed by atoms with Gasteiger partial charge in [0.05, 0.1) is 27.4 Å². The lowest BCUT2D eigenvalue weighted by atomic mass is 9.72. The molecule has 32 heavy (non-hydrogen) atoms. The molecule has 1 fully saturated rings. The van der Waals surface area contributed by atoms with Crippen LogP contribution >= 0.6 is 0 Å². The van der Waals surface area contributed by atoms with Crippen molar-refractivity contribution in [3.8, 4) is 11.5 Å². The Morgan fingerprint density at radius 2 is 1.53 bits per heavy atom. The van der Waals surface area contributed by atoms with E-state index in [2.05, 4.69) is 17.0 Å². The standard InChI is InChI=1S/C27H31NO4/c1-30-23-14-12-22(13-15-23)27(29,24-10-6-7-11-26(24)31-2)25(21-8-4-3-5-9-21)20-28-16-18-32-19-17-28/h3-15,25,29H,16-20H2,1-2H3/t25-,27-/m0/s1. The Morgan fingerprint density at radius 3 is 2.19 bits per heavy atom. The number of para-hydroxylation sites is 1. The van der Waals surface area contributed by atoms with Crippen LogP contribution in [-0.4, -0.2) is 57.1 Å². The molecule has 0 unspecified atom stereocenters. The zero-order chi connectivity index (χ0) is 22.4. The minimum atomic E-state index is -1.32. The maximum Gasteiger partial charge on any atom is 0.126 e. The molecule has 1 N–H and O–H groups in total. The first-order valence-electron chi connectivity index (χ1n) is 11.0. The van der Waals surface area contributed by atoms with Crippen molar-refractivity contribution in [1.82, 2.24) is 4.90 Å². The summed E-state index contributed by atoms with van der Waals surface area (Å²) in [4.78, 5) is 2.37. The fourth-order valence-electron chi connectivity index (χ4n) is 4.56. The Bertz CT molecular complexity index is 986. The second-order valence-electron chi connectivity index (χ2n) is 8.07. The van der Waals surface area contributed by atoms with Gasteiger partial charge >= 0.3 is 0 Å². The third kappa shape index (κ3) is 4.51. The van der Waals surface area contributed by atoms with E-state index in [4.69, 9.17) is 14.2 Å². The van der Waals surface area contributed by atoms with Gasteiger partial charge in [-0.05, 0) is 29.3 Å². The van der Waals surface area contributed by atoms with Crippen LogP contribution in [0.2, 0.25) is 0 Å². The highest BCUT2D eigenvalue weighted by Gasteiger charge is 2.44. The van der Waals surface area contributed by atoms with Crippen molar-refractivity contribution in [3.63, 3.8) is 0 Å². The number of nitrogens with zero attached hydrogens (tertiary/aromatic N) is 1. The Morgan fingerprint density at radius 1 is 0.875 bits per heavy atom. The lowest BCUT2D eigenvalue weighted by Crippen LogP contribution is -2.45. The molecule has 168 valence electrons. The second kappa shape index (κ2) is 10.2. The van der Waals surface area contributed by atoms with Gasteiger partial charge in [-0.2, -0.15) is 0 Å². The van der Waals surface area contributed by atoms with Gasteiger partial charge in [0, 0.05) is 31.1 Å². The summed E-state index contributed by atoms with van der Waals surface area (Å²) in [6.45, 7) is 3.78. The van der Waals surface area contributed by atoms with Crippen molar-refractivity contribution in [3.05, 3.63) is 95.6 Å². The quantitative estimate of drug-likeness (QED) is 0.581. The molecule has 0 aromatic heterocycles. The summed E-state index contributed by atoms with van der Waals surface area (Å²) in [5, 5.41) is 12.7. The highest BCUT2D eigenvalue weighted by molar-refractivity contribution is 5.49. The van der Waals surface area contributed by atoms with Crippen molar-refractivity contribution in [2.24, 2.45) is 0 Å². The Balaban J connectivity index is 1.89. The molecule has 0 amide bonds. The maximum absolute atomic E-state index is 12.7. The molecule has 5 nitrogen and oxygen atoms in total. The average Bonchev–Trinajstić information content (AvgIpc) is 2.88. The molecule has 0 saturated carbocycles. The van der Waals surface area contributed by atoms with E-state index in [-0.39, 0.29) is 5.92 Å². The highest BCUT2D eigenvalue weighted by atomic mass is 16.5. The van der Waals surface area contributed by atoms with E-state index in [1.165, 1.54) is 0 Å². The first-order valence-corrected chi connectivity index (χ1v) is 11.0. The van der Waals surface area contributed by atoms with E-state index < -0.39 is 5.60 Å². The number of ether oxygens (including phenoxy) is 3. The first-order chi connectivity index (χ1) is 15.7. The monoisotopic (exact) mass is 433 g/mol. The molecule has 0 bridgehead atoms. The van der Waals surface area contributed by atoms with Gasteiger partial charge in [0.25, 0.3) is 0 Å².